The van der Waals surface area contributed by atoms with Crippen molar-refractivity contribution >= 4 is 37.5 Å². The van der Waals surface area contributed by atoms with Crippen LogP contribution in [0.4, 0.5) is 0 Å². The molecule has 3 N–H and O–H groups in total. The lowest BCUT2D eigenvalue weighted by atomic mass is 10.0. The second-order valence-corrected chi connectivity index (χ2v) is 6.91. The van der Waals surface area contributed by atoms with Crippen LogP contribution in [0, 0.1) is 0 Å². The molecule has 2 aromatic carbocycles. The van der Waals surface area contributed by atoms with E-state index in [4.69, 9.17) is 5.84 Å². The summed E-state index contributed by atoms with van der Waals surface area (Å²) in [6.45, 7) is 0. The minimum absolute atomic E-state index is 0.171. The molecule has 0 aliphatic heterocycles. The van der Waals surface area contributed by atoms with E-state index >= 15 is 0 Å². The van der Waals surface area contributed by atoms with Gasteiger partial charge in [-0.2, -0.15) is 0 Å². The normalized spacial score (nSPS) is 12.7. The number of hydrazine groups is 1. The molecule has 0 radical (unpaired) electrons. The van der Waals surface area contributed by atoms with Crippen molar-refractivity contribution in [3.8, 4) is 0 Å². The maximum atomic E-state index is 5.72. The Morgan fingerprint density at radius 3 is 2.62 bits per heavy atom. The fraction of sp³-hybridized carbons (Fsp3) is 0.188. The van der Waals surface area contributed by atoms with Crippen molar-refractivity contribution < 1.29 is 0 Å². The molecule has 108 valence electrons. The molecule has 3 nitrogen and oxygen atoms in total. The molecule has 1 heterocycles. The van der Waals surface area contributed by atoms with E-state index in [0.29, 0.717) is 0 Å². The SMILES string of the molecule is NNC(Cc1nc2ccccc2s1)Cc1ccccc1Br. The van der Waals surface area contributed by atoms with Gasteiger partial charge in [0.25, 0.3) is 0 Å². The van der Waals surface area contributed by atoms with Crippen molar-refractivity contribution in [2.45, 2.75) is 18.9 Å². The first-order valence-electron chi connectivity index (χ1n) is 6.80. The molecule has 0 amide bonds. The van der Waals surface area contributed by atoms with E-state index in [9.17, 15) is 0 Å². The highest BCUT2D eigenvalue weighted by molar-refractivity contribution is 9.10. The standard InChI is InChI=1S/C16H16BrN3S/c17-13-6-2-1-5-11(13)9-12(20-18)10-16-19-14-7-3-4-8-15(14)21-16/h1-8,12,20H,9-10,18H2. The Morgan fingerprint density at radius 2 is 1.86 bits per heavy atom. The summed E-state index contributed by atoms with van der Waals surface area (Å²) in [7, 11) is 0. The first-order valence-corrected chi connectivity index (χ1v) is 8.41. The first kappa shape index (κ1) is 14.7. The maximum absolute atomic E-state index is 5.72. The van der Waals surface area contributed by atoms with Gasteiger partial charge in [-0.15, -0.1) is 11.3 Å². The van der Waals surface area contributed by atoms with E-state index in [1.807, 2.05) is 30.3 Å². The number of nitrogens with zero attached hydrogens (tertiary/aromatic N) is 1. The van der Waals surface area contributed by atoms with Crippen LogP contribution >= 0.6 is 27.3 Å². The summed E-state index contributed by atoms with van der Waals surface area (Å²) in [5.41, 5.74) is 5.23. The average Bonchev–Trinajstić information content (AvgIpc) is 2.91. The molecule has 0 saturated heterocycles. The first-order chi connectivity index (χ1) is 10.3. The largest absolute Gasteiger partial charge is 0.271 e. The molecule has 0 aliphatic rings. The number of hydrogen-bond acceptors (Lipinski definition) is 4. The van der Waals surface area contributed by atoms with Crippen LogP contribution in [0.25, 0.3) is 10.2 Å². The van der Waals surface area contributed by atoms with Crippen molar-refractivity contribution in [1.82, 2.24) is 10.4 Å². The monoisotopic (exact) mass is 361 g/mol. The zero-order valence-corrected chi connectivity index (χ0v) is 13.8. The molecule has 0 fully saturated rings. The predicted molar refractivity (Wildman–Crippen MR) is 92.3 cm³/mol. The van der Waals surface area contributed by atoms with E-state index in [1.54, 1.807) is 11.3 Å². The van der Waals surface area contributed by atoms with E-state index in [1.165, 1.54) is 10.3 Å². The zero-order chi connectivity index (χ0) is 14.7. The van der Waals surface area contributed by atoms with Crippen LogP contribution in [0.3, 0.4) is 0 Å². The molecule has 5 heteroatoms. The number of aromatic nitrogens is 1. The fourth-order valence-corrected chi connectivity index (χ4v) is 3.83. The number of nitrogens with two attached hydrogens (primary N) is 1. The molecular formula is C16H16BrN3S. The molecule has 3 rings (SSSR count). The summed E-state index contributed by atoms with van der Waals surface area (Å²) >= 11 is 5.32. The molecule has 1 aromatic heterocycles. The molecule has 21 heavy (non-hydrogen) atoms. The van der Waals surface area contributed by atoms with Crippen LogP contribution < -0.4 is 11.3 Å². The number of benzene rings is 2. The van der Waals surface area contributed by atoms with Gasteiger partial charge in [-0.1, -0.05) is 46.3 Å². The number of fused-ring (bicyclic) bond motifs is 1. The molecule has 0 saturated carbocycles. The lowest BCUT2D eigenvalue weighted by Crippen LogP contribution is -2.38. The Morgan fingerprint density at radius 1 is 1.10 bits per heavy atom. The summed E-state index contributed by atoms with van der Waals surface area (Å²) in [5.74, 6) is 5.72. The number of nitrogens with one attached hydrogen (secondary N) is 1. The molecule has 0 spiro atoms. The van der Waals surface area contributed by atoms with Gasteiger partial charge in [0.05, 0.1) is 15.2 Å². The second-order valence-electron chi connectivity index (χ2n) is 4.94. The Bertz CT molecular complexity index is 708. The minimum atomic E-state index is 0.171. The molecule has 0 bridgehead atoms. The minimum Gasteiger partial charge on any atom is -0.271 e. The number of hydrogen-bond donors (Lipinski definition) is 2. The maximum Gasteiger partial charge on any atom is 0.0954 e. The topological polar surface area (TPSA) is 50.9 Å². The Balaban J connectivity index is 1.76. The van der Waals surface area contributed by atoms with Gasteiger partial charge >= 0.3 is 0 Å². The van der Waals surface area contributed by atoms with Gasteiger partial charge in [0.1, 0.15) is 0 Å². The molecule has 3 aromatic rings. The van der Waals surface area contributed by atoms with Gasteiger partial charge in [-0.25, -0.2) is 4.98 Å². The van der Waals surface area contributed by atoms with Crippen LogP contribution in [-0.4, -0.2) is 11.0 Å². The van der Waals surface area contributed by atoms with Crippen molar-refractivity contribution in [2.75, 3.05) is 0 Å². The highest BCUT2D eigenvalue weighted by Gasteiger charge is 2.13. The number of thiazole rings is 1. The molecule has 0 aliphatic carbocycles. The van der Waals surface area contributed by atoms with Crippen LogP contribution in [-0.2, 0) is 12.8 Å². The van der Waals surface area contributed by atoms with E-state index < -0.39 is 0 Å². The number of rotatable bonds is 5. The van der Waals surface area contributed by atoms with Crippen molar-refractivity contribution in [3.63, 3.8) is 0 Å². The summed E-state index contributed by atoms with van der Waals surface area (Å²) in [6, 6.07) is 16.6. The van der Waals surface area contributed by atoms with Gasteiger partial charge in [0.15, 0.2) is 0 Å². The Kier molecular flexibility index (Phi) is 4.65. The van der Waals surface area contributed by atoms with E-state index in [0.717, 1.165) is 27.8 Å². The highest BCUT2D eigenvalue weighted by Crippen LogP contribution is 2.24. The highest BCUT2D eigenvalue weighted by atomic mass is 79.9. The van der Waals surface area contributed by atoms with E-state index in [-0.39, 0.29) is 6.04 Å². The van der Waals surface area contributed by atoms with Crippen LogP contribution in [0.2, 0.25) is 0 Å². The smallest absolute Gasteiger partial charge is 0.0954 e. The summed E-state index contributed by atoms with van der Waals surface area (Å²) in [6.07, 6.45) is 1.70. The third kappa shape index (κ3) is 3.49. The Hall–Kier alpha value is -1.27. The summed E-state index contributed by atoms with van der Waals surface area (Å²) in [5, 5.41) is 1.12. The third-order valence-electron chi connectivity index (χ3n) is 3.42. The van der Waals surface area contributed by atoms with Crippen molar-refractivity contribution in [3.05, 3.63) is 63.6 Å². The number of para-hydroxylation sites is 1. The third-order valence-corrected chi connectivity index (χ3v) is 5.25. The lowest BCUT2D eigenvalue weighted by Gasteiger charge is -2.15. The summed E-state index contributed by atoms with van der Waals surface area (Å²) < 4.78 is 2.35. The average molecular weight is 362 g/mol. The van der Waals surface area contributed by atoms with Crippen molar-refractivity contribution in [2.24, 2.45) is 5.84 Å². The van der Waals surface area contributed by atoms with Gasteiger partial charge in [-0.3, -0.25) is 11.3 Å². The van der Waals surface area contributed by atoms with E-state index in [2.05, 4.69) is 44.5 Å². The quantitative estimate of drug-likeness (QED) is 0.538. The second kappa shape index (κ2) is 6.66. The van der Waals surface area contributed by atoms with Crippen LogP contribution in [0.15, 0.2) is 53.0 Å². The van der Waals surface area contributed by atoms with Gasteiger partial charge < -0.3 is 0 Å². The van der Waals surface area contributed by atoms with Crippen LogP contribution in [0.1, 0.15) is 10.6 Å². The van der Waals surface area contributed by atoms with Gasteiger partial charge in [0, 0.05) is 16.9 Å². The van der Waals surface area contributed by atoms with Crippen molar-refractivity contribution in [1.29, 1.82) is 0 Å². The van der Waals surface area contributed by atoms with Crippen LogP contribution in [0.5, 0.6) is 0 Å². The Labute approximate surface area is 136 Å². The predicted octanol–water partition coefficient (Wildman–Crippen LogP) is 3.68. The molecule has 1 unspecified atom stereocenters. The summed E-state index contributed by atoms with van der Waals surface area (Å²) in [4.78, 5) is 4.68. The number of halogens is 1. The molecule has 1 atom stereocenters. The van der Waals surface area contributed by atoms with Gasteiger partial charge in [0.2, 0.25) is 0 Å². The zero-order valence-electron chi connectivity index (χ0n) is 11.4. The molecular weight excluding hydrogens is 346 g/mol. The van der Waals surface area contributed by atoms with Gasteiger partial charge in [-0.05, 0) is 30.2 Å². The fourth-order valence-electron chi connectivity index (χ4n) is 2.34. The lowest BCUT2D eigenvalue weighted by molar-refractivity contribution is 0.521.